The van der Waals surface area contributed by atoms with Gasteiger partial charge in [0.2, 0.25) is 5.91 Å². The van der Waals surface area contributed by atoms with Gasteiger partial charge in [0.1, 0.15) is 5.82 Å². The molecule has 0 bridgehead atoms. The molecule has 1 unspecified atom stereocenters. The Bertz CT molecular complexity index is 603. The van der Waals surface area contributed by atoms with Crippen LogP contribution >= 0.6 is 0 Å². The number of nitrogens with two attached hydrogens (primary N) is 1. The molecule has 0 fully saturated rings. The van der Waals surface area contributed by atoms with Crippen LogP contribution in [-0.4, -0.2) is 22.0 Å². The first kappa shape index (κ1) is 13.5. The molecule has 0 aliphatic heterocycles. The summed E-state index contributed by atoms with van der Waals surface area (Å²) in [5.74, 6) is 0.874. The average Bonchev–Trinajstić information content (AvgIpc) is 2.65. The van der Waals surface area contributed by atoms with Crippen molar-refractivity contribution < 1.29 is 4.79 Å². The molecule has 1 aromatic carbocycles. The van der Waals surface area contributed by atoms with Crippen molar-refractivity contribution in [2.45, 2.75) is 20.3 Å². The van der Waals surface area contributed by atoms with Gasteiger partial charge in [0.05, 0.1) is 11.0 Å². The molecule has 3 N–H and O–H groups in total. The van der Waals surface area contributed by atoms with Crippen molar-refractivity contribution in [3.05, 3.63) is 24.0 Å². The molecule has 2 rings (SSSR count). The predicted molar refractivity (Wildman–Crippen MR) is 76.9 cm³/mol. The van der Waals surface area contributed by atoms with Crippen LogP contribution in [0.15, 0.2) is 18.2 Å². The number of rotatable bonds is 4. The van der Waals surface area contributed by atoms with Crippen LogP contribution in [0.2, 0.25) is 0 Å². The first-order chi connectivity index (χ1) is 9.02. The molecule has 5 heteroatoms. The van der Waals surface area contributed by atoms with E-state index in [9.17, 15) is 4.79 Å². The van der Waals surface area contributed by atoms with Crippen molar-refractivity contribution in [2.24, 2.45) is 18.7 Å². The second kappa shape index (κ2) is 5.40. The van der Waals surface area contributed by atoms with Crippen LogP contribution in [0.25, 0.3) is 11.0 Å². The number of hydrogen-bond acceptors (Lipinski definition) is 3. The Morgan fingerprint density at radius 1 is 1.53 bits per heavy atom. The summed E-state index contributed by atoms with van der Waals surface area (Å²) < 4.78 is 2.03. The minimum absolute atomic E-state index is 0.00236. The summed E-state index contributed by atoms with van der Waals surface area (Å²) >= 11 is 0. The van der Waals surface area contributed by atoms with Gasteiger partial charge in [-0.3, -0.25) is 4.79 Å². The van der Waals surface area contributed by atoms with Crippen LogP contribution in [-0.2, 0) is 11.8 Å². The first-order valence-electron chi connectivity index (χ1n) is 6.47. The van der Waals surface area contributed by atoms with Gasteiger partial charge in [-0.2, -0.15) is 0 Å². The Kier molecular flexibility index (Phi) is 3.85. The number of carbonyl (C=O) groups excluding carboxylic acids is 1. The smallest absolute Gasteiger partial charge is 0.227 e. The molecule has 0 spiro atoms. The lowest BCUT2D eigenvalue weighted by molar-refractivity contribution is -0.119. The van der Waals surface area contributed by atoms with E-state index in [1.807, 2.05) is 43.7 Å². The molecule has 0 aliphatic carbocycles. The summed E-state index contributed by atoms with van der Waals surface area (Å²) in [5.41, 5.74) is 8.19. The summed E-state index contributed by atoms with van der Waals surface area (Å²) in [6.07, 6.45) is 0.691. The molecule has 2 aromatic rings. The van der Waals surface area contributed by atoms with E-state index in [0.29, 0.717) is 13.0 Å². The standard InChI is InChI=1S/C14H20N4O/c1-9(6-7-15)14(19)17-11-4-5-13-12(8-11)16-10(2)18(13)3/h4-5,8-9H,6-7,15H2,1-3H3,(H,17,19). The topological polar surface area (TPSA) is 72.9 Å². The highest BCUT2D eigenvalue weighted by Crippen LogP contribution is 2.20. The van der Waals surface area contributed by atoms with Crippen LogP contribution in [0.4, 0.5) is 5.69 Å². The maximum absolute atomic E-state index is 11.9. The fourth-order valence-corrected chi connectivity index (χ4v) is 2.04. The van der Waals surface area contributed by atoms with Crippen molar-refractivity contribution in [3.8, 4) is 0 Å². The van der Waals surface area contributed by atoms with E-state index >= 15 is 0 Å². The maximum Gasteiger partial charge on any atom is 0.227 e. The lowest BCUT2D eigenvalue weighted by atomic mass is 10.1. The number of amides is 1. The number of nitrogens with zero attached hydrogens (tertiary/aromatic N) is 2. The summed E-state index contributed by atoms with van der Waals surface area (Å²) in [6, 6.07) is 5.77. The second-order valence-corrected chi connectivity index (χ2v) is 4.89. The molecular weight excluding hydrogens is 240 g/mol. The molecule has 5 nitrogen and oxygen atoms in total. The van der Waals surface area contributed by atoms with E-state index in [1.165, 1.54) is 0 Å². The third-order valence-corrected chi connectivity index (χ3v) is 3.42. The van der Waals surface area contributed by atoms with E-state index < -0.39 is 0 Å². The molecule has 0 saturated heterocycles. The predicted octanol–water partition coefficient (Wildman–Crippen LogP) is 1.81. The SMILES string of the molecule is Cc1nc2cc(NC(=O)C(C)CCN)ccc2n1C. The molecule has 1 heterocycles. The molecule has 0 saturated carbocycles. The summed E-state index contributed by atoms with van der Waals surface area (Å²) in [5, 5.41) is 2.90. The number of aryl methyl sites for hydroxylation is 2. The molecule has 19 heavy (non-hydrogen) atoms. The highest BCUT2D eigenvalue weighted by Gasteiger charge is 2.12. The number of carbonyl (C=O) groups is 1. The number of imidazole rings is 1. The maximum atomic E-state index is 11.9. The van der Waals surface area contributed by atoms with Crippen LogP contribution < -0.4 is 11.1 Å². The summed E-state index contributed by atoms with van der Waals surface area (Å²) in [4.78, 5) is 16.4. The minimum atomic E-state index is -0.0776. The van der Waals surface area contributed by atoms with Gasteiger partial charge < -0.3 is 15.6 Å². The number of fused-ring (bicyclic) bond motifs is 1. The third-order valence-electron chi connectivity index (χ3n) is 3.42. The lowest BCUT2D eigenvalue weighted by Gasteiger charge is -2.11. The number of nitrogens with one attached hydrogen (secondary N) is 1. The fraction of sp³-hybridized carbons (Fsp3) is 0.429. The van der Waals surface area contributed by atoms with Crippen molar-refractivity contribution in [1.82, 2.24) is 9.55 Å². The zero-order valence-corrected chi connectivity index (χ0v) is 11.6. The van der Waals surface area contributed by atoms with Gasteiger partial charge in [-0.15, -0.1) is 0 Å². The normalized spacial score (nSPS) is 12.6. The Hall–Kier alpha value is -1.88. The Balaban J connectivity index is 2.20. The molecule has 1 amide bonds. The monoisotopic (exact) mass is 260 g/mol. The zero-order chi connectivity index (χ0) is 14.0. The van der Waals surface area contributed by atoms with Crippen LogP contribution in [0.1, 0.15) is 19.2 Å². The van der Waals surface area contributed by atoms with Gasteiger partial charge in [-0.1, -0.05) is 6.92 Å². The highest BCUT2D eigenvalue weighted by molar-refractivity contribution is 5.94. The fourth-order valence-electron chi connectivity index (χ4n) is 2.04. The molecule has 102 valence electrons. The molecule has 0 aliphatic rings. The lowest BCUT2D eigenvalue weighted by Crippen LogP contribution is -2.22. The summed E-state index contributed by atoms with van der Waals surface area (Å²) in [6.45, 7) is 4.36. The number of hydrogen-bond donors (Lipinski definition) is 2. The molecular formula is C14H20N4O. The van der Waals surface area contributed by atoms with Crippen LogP contribution in [0.3, 0.4) is 0 Å². The van der Waals surface area contributed by atoms with E-state index in [4.69, 9.17) is 5.73 Å². The van der Waals surface area contributed by atoms with Gasteiger partial charge in [0.25, 0.3) is 0 Å². The number of aromatic nitrogens is 2. The summed E-state index contributed by atoms with van der Waals surface area (Å²) in [7, 11) is 1.98. The Morgan fingerprint density at radius 2 is 2.26 bits per heavy atom. The van der Waals surface area contributed by atoms with E-state index in [1.54, 1.807) is 0 Å². The average molecular weight is 260 g/mol. The van der Waals surface area contributed by atoms with Gasteiger partial charge in [0, 0.05) is 18.7 Å². The minimum Gasteiger partial charge on any atom is -0.331 e. The van der Waals surface area contributed by atoms with Gasteiger partial charge in [-0.05, 0) is 38.1 Å². The van der Waals surface area contributed by atoms with Crippen molar-refractivity contribution in [1.29, 1.82) is 0 Å². The van der Waals surface area contributed by atoms with E-state index in [-0.39, 0.29) is 11.8 Å². The van der Waals surface area contributed by atoms with Crippen LogP contribution in [0, 0.1) is 12.8 Å². The Labute approximate surface area is 112 Å². The van der Waals surface area contributed by atoms with Gasteiger partial charge in [0.15, 0.2) is 0 Å². The van der Waals surface area contributed by atoms with E-state index in [0.717, 1.165) is 22.5 Å². The third kappa shape index (κ3) is 2.76. The molecule has 0 radical (unpaired) electrons. The van der Waals surface area contributed by atoms with Gasteiger partial charge >= 0.3 is 0 Å². The van der Waals surface area contributed by atoms with Crippen molar-refractivity contribution in [3.63, 3.8) is 0 Å². The molecule has 1 atom stereocenters. The highest BCUT2D eigenvalue weighted by atomic mass is 16.1. The number of anilines is 1. The number of benzene rings is 1. The molecule has 1 aromatic heterocycles. The van der Waals surface area contributed by atoms with Crippen LogP contribution in [0.5, 0.6) is 0 Å². The quantitative estimate of drug-likeness (QED) is 0.880. The second-order valence-electron chi connectivity index (χ2n) is 4.89. The van der Waals surface area contributed by atoms with E-state index in [2.05, 4.69) is 10.3 Å². The van der Waals surface area contributed by atoms with Crippen molar-refractivity contribution in [2.75, 3.05) is 11.9 Å². The zero-order valence-electron chi connectivity index (χ0n) is 11.6. The largest absolute Gasteiger partial charge is 0.331 e. The van der Waals surface area contributed by atoms with Gasteiger partial charge in [-0.25, -0.2) is 4.98 Å². The Morgan fingerprint density at radius 3 is 2.95 bits per heavy atom. The van der Waals surface area contributed by atoms with Crippen molar-refractivity contribution >= 4 is 22.6 Å². The first-order valence-corrected chi connectivity index (χ1v) is 6.47.